The van der Waals surface area contributed by atoms with Gasteiger partial charge in [-0.3, -0.25) is 0 Å². The van der Waals surface area contributed by atoms with Crippen LogP contribution in [0, 0.1) is 19.4 Å². The van der Waals surface area contributed by atoms with Crippen LogP contribution in [0.5, 0.6) is 0 Å². The largest absolute Gasteiger partial charge is 0.372 e. The van der Waals surface area contributed by atoms with Gasteiger partial charge in [0.15, 0.2) is 0 Å². The zero-order valence-electron chi connectivity index (χ0n) is 4.55. The Morgan fingerprint density at radius 2 is 2.57 bits per heavy atom. The van der Waals surface area contributed by atoms with Crippen molar-refractivity contribution in [2.75, 3.05) is 0 Å². The fourth-order valence-electron chi connectivity index (χ4n) is 0.783. The monoisotopic (exact) mass is 98.1 g/mol. The van der Waals surface area contributed by atoms with Crippen molar-refractivity contribution in [2.24, 2.45) is 5.92 Å². The normalized spacial score (nSPS) is 42.0. The van der Waals surface area contributed by atoms with Gasteiger partial charge in [-0.1, -0.05) is 0 Å². The Morgan fingerprint density at radius 1 is 1.86 bits per heavy atom. The van der Waals surface area contributed by atoms with Gasteiger partial charge in [0.05, 0.1) is 12.7 Å². The molecule has 0 amide bonds. The Morgan fingerprint density at radius 3 is 2.71 bits per heavy atom. The second kappa shape index (κ2) is 1.83. The third kappa shape index (κ3) is 1.16. The molecule has 1 saturated heterocycles. The summed E-state index contributed by atoms with van der Waals surface area (Å²) in [5.41, 5.74) is 0. The van der Waals surface area contributed by atoms with Crippen LogP contribution in [0.4, 0.5) is 0 Å². The van der Waals surface area contributed by atoms with Crippen LogP contribution in [-0.2, 0) is 4.74 Å². The van der Waals surface area contributed by atoms with Crippen molar-refractivity contribution in [1.29, 1.82) is 0 Å². The van der Waals surface area contributed by atoms with Crippen molar-refractivity contribution in [1.82, 2.24) is 0 Å². The fraction of sp³-hybridized carbons (Fsp3) is 0.667. The molecule has 0 aliphatic carbocycles. The summed E-state index contributed by atoms with van der Waals surface area (Å²) in [7, 11) is 0. The maximum Gasteiger partial charge on any atom is 0.0872 e. The summed E-state index contributed by atoms with van der Waals surface area (Å²) in [4.78, 5) is 0. The zero-order valence-corrected chi connectivity index (χ0v) is 4.55. The van der Waals surface area contributed by atoms with Gasteiger partial charge in [0, 0.05) is 0 Å². The lowest BCUT2D eigenvalue weighted by molar-refractivity contribution is 0.169. The summed E-state index contributed by atoms with van der Waals surface area (Å²) in [6.07, 6.45) is 1.49. The van der Waals surface area contributed by atoms with E-state index in [1.165, 1.54) is 0 Å². The van der Waals surface area contributed by atoms with Gasteiger partial charge in [0.25, 0.3) is 0 Å². The molecule has 0 spiro atoms. The first-order chi connectivity index (χ1) is 3.29. The summed E-state index contributed by atoms with van der Waals surface area (Å²) in [5, 5.41) is 0. The average molecular weight is 98.1 g/mol. The van der Waals surface area contributed by atoms with Gasteiger partial charge in [0.1, 0.15) is 0 Å². The van der Waals surface area contributed by atoms with E-state index in [-0.39, 0.29) is 0 Å². The molecule has 0 aromatic carbocycles. The van der Waals surface area contributed by atoms with E-state index in [0.29, 0.717) is 12.0 Å². The summed E-state index contributed by atoms with van der Waals surface area (Å²) in [6.45, 7) is 7.67. The van der Waals surface area contributed by atoms with E-state index in [1.807, 2.05) is 6.61 Å². The lowest BCUT2D eigenvalue weighted by Gasteiger charge is -1.94. The van der Waals surface area contributed by atoms with Crippen molar-refractivity contribution < 1.29 is 4.74 Å². The van der Waals surface area contributed by atoms with Gasteiger partial charge in [-0.2, -0.15) is 0 Å². The average Bonchev–Trinajstić information content (AvgIpc) is 1.87. The van der Waals surface area contributed by atoms with Gasteiger partial charge in [0.2, 0.25) is 0 Å². The topological polar surface area (TPSA) is 9.23 Å². The van der Waals surface area contributed by atoms with Crippen LogP contribution in [-0.4, -0.2) is 6.10 Å². The predicted molar refractivity (Wildman–Crippen MR) is 28.3 cm³/mol. The van der Waals surface area contributed by atoms with Crippen molar-refractivity contribution in [3.05, 3.63) is 13.5 Å². The first-order valence-electron chi connectivity index (χ1n) is 2.61. The lowest BCUT2D eigenvalue weighted by atomic mass is 10.1. The van der Waals surface area contributed by atoms with E-state index in [4.69, 9.17) is 4.74 Å². The third-order valence-corrected chi connectivity index (χ3v) is 1.14. The standard InChI is InChI=1S/C6H10O/c1-5-3-6(2)7-4-5/h4-6H,1,3H2,2H3. The summed E-state index contributed by atoms with van der Waals surface area (Å²) >= 11 is 0. The molecule has 1 aliphatic rings. The smallest absolute Gasteiger partial charge is 0.0872 e. The van der Waals surface area contributed by atoms with Gasteiger partial charge >= 0.3 is 0 Å². The second-order valence-corrected chi connectivity index (χ2v) is 2.08. The van der Waals surface area contributed by atoms with E-state index < -0.39 is 0 Å². The van der Waals surface area contributed by atoms with Gasteiger partial charge in [-0.05, 0) is 26.2 Å². The van der Waals surface area contributed by atoms with Crippen molar-refractivity contribution in [3.63, 3.8) is 0 Å². The van der Waals surface area contributed by atoms with Crippen LogP contribution in [0.15, 0.2) is 0 Å². The highest BCUT2D eigenvalue weighted by Crippen LogP contribution is 2.20. The number of ether oxygens (including phenoxy) is 1. The van der Waals surface area contributed by atoms with E-state index in [9.17, 15) is 0 Å². The van der Waals surface area contributed by atoms with E-state index in [0.717, 1.165) is 6.42 Å². The highest BCUT2D eigenvalue weighted by atomic mass is 16.5. The molecule has 1 aliphatic heterocycles. The molecule has 0 saturated carbocycles. The predicted octanol–water partition coefficient (Wildman–Crippen LogP) is 1.41. The molecule has 1 rings (SSSR count). The molecule has 0 bridgehead atoms. The first-order valence-corrected chi connectivity index (χ1v) is 2.61. The molecule has 1 nitrogen and oxygen atoms in total. The molecule has 1 heterocycles. The Balaban J connectivity index is 2.26. The molecular formula is C6H10O. The Kier molecular flexibility index (Phi) is 1.33. The number of hydrogen-bond donors (Lipinski definition) is 0. The Hall–Kier alpha value is -0.0400. The minimum Gasteiger partial charge on any atom is -0.372 e. The molecular weight excluding hydrogens is 88.1 g/mol. The molecule has 1 heteroatoms. The van der Waals surface area contributed by atoms with Crippen molar-refractivity contribution in [2.45, 2.75) is 19.4 Å². The fourth-order valence-corrected chi connectivity index (χ4v) is 0.783. The van der Waals surface area contributed by atoms with Crippen molar-refractivity contribution >= 4 is 0 Å². The van der Waals surface area contributed by atoms with Crippen LogP contribution in [0.25, 0.3) is 0 Å². The third-order valence-electron chi connectivity index (χ3n) is 1.14. The number of rotatable bonds is 0. The number of hydrogen-bond acceptors (Lipinski definition) is 1. The summed E-state index contributed by atoms with van der Waals surface area (Å²) < 4.78 is 5.08. The minimum absolute atomic E-state index is 0.405. The van der Waals surface area contributed by atoms with Crippen LogP contribution in [0.2, 0.25) is 0 Å². The molecule has 1 fully saturated rings. The molecule has 7 heavy (non-hydrogen) atoms. The molecule has 0 N–H and O–H groups in total. The minimum atomic E-state index is 0.405. The second-order valence-electron chi connectivity index (χ2n) is 2.08. The SMILES string of the molecule is [CH2]C1[CH]OC(C)C1. The maximum absolute atomic E-state index is 5.08. The lowest BCUT2D eigenvalue weighted by Crippen LogP contribution is -1.94. The van der Waals surface area contributed by atoms with Crippen LogP contribution < -0.4 is 0 Å². The summed E-state index contributed by atoms with van der Waals surface area (Å²) in [5.74, 6) is 0.426. The summed E-state index contributed by atoms with van der Waals surface area (Å²) in [6, 6.07) is 0. The highest BCUT2D eigenvalue weighted by Gasteiger charge is 2.17. The molecule has 2 unspecified atom stereocenters. The van der Waals surface area contributed by atoms with Gasteiger partial charge < -0.3 is 4.74 Å². The molecule has 0 aromatic heterocycles. The van der Waals surface area contributed by atoms with Crippen LogP contribution in [0.3, 0.4) is 0 Å². The van der Waals surface area contributed by atoms with E-state index >= 15 is 0 Å². The zero-order chi connectivity index (χ0) is 5.28. The Labute approximate surface area is 44.7 Å². The molecule has 0 aromatic rings. The van der Waals surface area contributed by atoms with E-state index in [1.54, 1.807) is 0 Å². The highest BCUT2D eigenvalue weighted by molar-refractivity contribution is 4.79. The Bertz CT molecular complexity index is 53.2. The first kappa shape index (κ1) is 5.10. The molecule has 2 radical (unpaired) electrons. The van der Waals surface area contributed by atoms with E-state index in [2.05, 4.69) is 13.8 Å². The van der Waals surface area contributed by atoms with Gasteiger partial charge in [-0.15, -0.1) is 0 Å². The van der Waals surface area contributed by atoms with Crippen molar-refractivity contribution in [3.8, 4) is 0 Å². The van der Waals surface area contributed by atoms with Crippen LogP contribution >= 0.6 is 0 Å². The van der Waals surface area contributed by atoms with Gasteiger partial charge in [-0.25, -0.2) is 0 Å². The quantitative estimate of drug-likeness (QED) is 0.445. The molecule has 40 valence electrons. The maximum atomic E-state index is 5.08. The van der Waals surface area contributed by atoms with Crippen LogP contribution in [0.1, 0.15) is 13.3 Å². The molecule has 2 atom stereocenters.